The summed E-state index contributed by atoms with van der Waals surface area (Å²) in [7, 11) is 0. The van der Waals surface area contributed by atoms with Gasteiger partial charge in [0, 0.05) is 13.2 Å². The molecule has 0 radical (unpaired) electrons. The van der Waals surface area contributed by atoms with Crippen molar-refractivity contribution in [3.05, 3.63) is 35.1 Å². The first-order valence-electron chi connectivity index (χ1n) is 6.74. The molecule has 0 spiro atoms. The molecule has 0 saturated carbocycles. The highest BCUT2D eigenvalue weighted by atomic mass is 19.1. The molecular weight excluding hydrogens is 229 g/mol. The van der Waals surface area contributed by atoms with E-state index in [4.69, 9.17) is 5.11 Å². The average Bonchev–Trinajstić information content (AvgIpc) is 2.34. The molecule has 2 nitrogen and oxygen atoms in total. The molecule has 1 aromatic carbocycles. The van der Waals surface area contributed by atoms with Crippen LogP contribution in [0.2, 0.25) is 0 Å². The highest BCUT2D eigenvalue weighted by Crippen LogP contribution is 2.11. The van der Waals surface area contributed by atoms with Crippen molar-refractivity contribution in [1.29, 1.82) is 0 Å². The number of hydrogen-bond donors (Lipinski definition) is 2. The maximum absolute atomic E-state index is 13.3. The fourth-order valence-corrected chi connectivity index (χ4v) is 2.11. The van der Waals surface area contributed by atoms with Crippen molar-refractivity contribution in [1.82, 2.24) is 5.32 Å². The molecule has 0 aliphatic heterocycles. The molecule has 0 aromatic heterocycles. The monoisotopic (exact) mass is 253 g/mol. The van der Waals surface area contributed by atoms with Crippen molar-refractivity contribution in [2.45, 2.75) is 39.7 Å². The largest absolute Gasteiger partial charge is 0.396 e. The molecule has 3 heteroatoms. The number of aliphatic hydroxyl groups excluding tert-OH is 1. The normalized spacial score (nSPS) is 12.7. The van der Waals surface area contributed by atoms with Gasteiger partial charge >= 0.3 is 0 Å². The second-order valence-corrected chi connectivity index (χ2v) is 4.88. The van der Waals surface area contributed by atoms with Gasteiger partial charge < -0.3 is 10.4 Å². The number of benzene rings is 1. The van der Waals surface area contributed by atoms with Gasteiger partial charge in [0.15, 0.2) is 0 Å². The van der Waals surface area contributed by atoms with Crippen LogP contribution in [0.15, 0.2) is 18.2 Å². The van der Waals surface area contributed by atoms with Crippen LogP contribution in [0.25, 0.3) is 0 Å². The lowest BCUT2D eigenvalue weighted by molar-refractivity contribution is 0.248. The van der Waals surface area contributed by atoms with Crippen LogP contribution in [0, 0.1) is 18.7 Å². The van der Waals surface area contributed by atoms with Crippen LogP contribution in [-0.2, 0) is 6.54 Å². The Morgan fingerprint density at radius 1 is 1.33 bits per heavy atom. The third-order valence-corrected chi connectivity index (χ3v) is 3.23. The molecule has 0 amide bonds. The Kier molecular flexibility index (Phi) is 6.91. The molecule has 0 aliphatic carbocycles. The Labute approximate surface area is 109 Å². The summed E-state index contributed by atoms with van der Waals surface area (Å²) in [6.07, 6.45) is 3.09. The second-order valence-electron chi connectivity index (χ2n) is 4.88. The minimum Gasteiger partial charge on any atom is -0.396 e. The van der Waals surface area contributed by atoms with Gasteiger partial charge in [-0.1, -0.05) is 25.5 Å². The molecule has 1 unspecified atom stereocenters. The number of rotatable bonds is 8. The van der Waals surface area contributed by atoms with Gasteiger partial charge in [-0.3, -0.25) is 0 Å². The van der Waals surface area contributed by atoms with Gasteiger partial charge in [-0.25, -0.2) is 4.39 Å². The van der Waals surface area contributed by atoms with Crippen molar-refractivity contribution in [3.63, 3.8) is 0 Å². The van der Waals surface area contributed by atoms with Crippen LogP contribution >= 0.6 is 0 Å². The number of hydrogen-bond acceptors (Lipinski definition) is 2. The summed E-state index contributed by atoms with van der Waals surface area (Å²) in [4.78, 5) is 0. The summed E-state index contributed by atoms with van der Waals surface area (Å²) in [5, 5.41) is 12.3. The molecule has 0 fully saturated rings. The summed E-state index contributed by atoms with van der Waals surface area (Å²) >= 11 is 0. The van der Waals surface area contributed by atoms with Gasteiger partial charge in [-0.05, 0) is 49.4 Å². The summed E-state index contributed by atoms with van der Waals surface area (Å²) in [6.45, 7) is 5.73. The van der Waals surface area contributed by atoms with Gasteiger partial charge in [0.2, 0.25) is 0 Å². The standard InChI is InChI=1S/C15H24FNO/c1-3-4-13(7-8-18)10-17-11-14-6-5-12(2)15(16)9-14/h5-6,9,13,17-18H,3-4,7-8,10-11H2,1-2H3. The number of nitrogens with one attached hydrogen (secondary N) is 1. The summed E-state index contributed by atoms with van der Waals surface area (Å²) in [5.41, 5.74) is 1.65. The van der Waals surface area contributed by atoms with E-state index in [2.05, 4.69) is 12.2 Å². The number of halogens is 1. The van der Waals surface area contributed by atoms with Crippen molar-refractivity contribution in [3.8, 4) is 0 Å². The van der Waals surface area contributed by atoms with E-state index in [1.165, 1.54) is 0 Å². The maximum Gasteiger partial charge on any atom is 0.126 e. The van der Waals surface area contributed by atoms with E-state index in [1.54, 1.807) is 13.0 Å². The molecule has 102 valence electrons. The predicted molar refractivity (Wildman–Crippen MR) is 72.9 cm³/mol. The van der Waals surface area contributed by atoms with Crippen LogP contribution in [0.4, 0.5) is 4.39 Å². The number of aryl methyl sites for hydroxylation is 1. The van der Waals surface area contributed by atoms with Crippen LogP contribution in [0.5, 0.6) is 0 Å². The first-order chi connectivity index (χ1) is 8.67. The molecule has 18 heavy (non-hydrogen) atoms. The summed E-state index contributed by atoms with van der Waals surface area (Å²) in [5.74, 6) is 0.366. The first kappa shape index (κ1) is 15.1. The van der Waals surface area contributed by atoms with Gasteiger partial charge in [-0.15, -0.1) is 0 Å². The van der Waals surface area contributed by atoms with Crippen molar-refractivity contribution < 1.29 is 9.50 Å². The van der Waals surface area contributed by atoms with Crippen molar-refractivity contribution in [2.75, 3.05) is 13.2 Å². The van der Waals surface area contributed by atoms with Crippen LogP contribution < -0.4 is 5.32 Å². The first-order valence-corrected chi connectivity index (χ1v) is 6.74. The van der Waals surface area contributed by atoms with Gasteiger partial charge in [-0.2, -0.15) is 0 Å². The Morgan fingerprint density at radius 3 is 2.72 bits per heavy atom. The molecule has 0 heterocycles. The Balaban J connectivity index is 2.37. The Hall–Kier alpha value is -0.930. The molecule has 0 bridgehead atoms. The van der Waals surface area contributed by atoms with E-state index in [9.17, 15) is 4.39 Å². The second kappa shape index (κ2) is 8.22. The maximum atomic E-state index is 13.3. The molecule has 0 aliphatic rings. The van der Waals surface area contributed by atoms with Crippen LogP contribution in [-0.4, -0.2) is 18.3 Å². The van der Waals surface area contributed by atoms with E-state index in [0.717, 1.165) is 31.4 Å². The minimum atomic E-state index is -0.144. The van der Waals surface area contributed by atoms with Gasteiger partial charge in [0.25, 0.3) is 0 Å². The highest BCUT2D eigenvalue weighted by Gasteiger charge is 2.06. The number of aliphatic hydroxyl groups is 1. The lowest BCUT2D eigenvalue weighted by Gasteiger charge is -2.15. The van der Waals surface area contributed by atoms with Gasteiger partial charge in [0.05, 0.1) is 0 Å². The van der Waals surface area contributed by atoms with Crippen LogP contribution in [0.3, 0.4) is 0 Å². The smallest absolute Gasteiger partial charge is 0.126 e. The van der Waals surface area contributed by atoms with E-state index >= 15 is 0 Å². The van der Waals surface area contributed by atoms with E-state index in [0.29, 0.717) is 18.0 Å². The van der Waals surface area contributed by atoms with E-state index < -0.39 is 0 Å². The Bertz CT molecular complexity index is 348. The van der Waals surface area contributed by atoms with Crippen molar-refractivity contribution >= 4 is 0 Å². The zero-order valence-electron chi connectivity index (χ0n) is 11.4. The lowest BCUT2D eigenvalue weighted by Crippen LogP contribution is -2.23. The highest BCUT2D eigenvalue weighted by molar-refractivity contribution is 5.23. The van der Waals surface area contributed by atoms with Gasteiger partial charge in [0.1, 0.15) is 5.82 Å². The lowest BCUT2D eigenvalue weighted by atomic mass is 10.00. The summed E-state index contributed by atoms with van der Waals surface area (Å²) < 4.78 is 13.3. The fourth-order valence-electron chi connectivity index (χ4n) is 2.11. The predicted octanol–water partition coefficient (Wildman–Crippen LogP) is 3.02. The third kappa shape index (κ3) is 5.15. The Morgan fingerprint density at radius 2 is 2.11 bits per heavy atom. The molecule has 1 aromatic rings. The molecule has 2 N–H and O–H groups in total. The zero-order valence-corrected chi connectivity index (χ0v) is 11.4. The topological polar surface area (TPSA) is 32.3 Å². The zero-order chi connectivity index (χ0) is 13.4. The van der Waals surface area contributed by atoms with Crippen LogP contribution in [0.1, 0.15) is 37.3 Å². The quantitative estimate of drug-likeness (QED) is 0.746. The SMILES string of the molecule is CCCC(CCO)CNCc1ccc(C)c(F)c1. The molecule has 0 saturated heterocycles. The van der Waals surface area contributed by atoms with Crippen molar-refractivity contribution in [2.24, 2.45) is 5.92 Å². The molecule has 1 rings (SSSR count). The summed E-state index contributed by atoms with van der Waals surface area (Å²) in [6, 6.07) is 5.35. The third-order valence-electron chi connectivity index (χ3n) is 3.23. The molecule has 1 atom stereocenters. The van der Waals surface area contributed by atoms with E-state index in [-0.39, 0.29) is 12.4 Å². The fraction of sp³-hybridized carbons (Fsp3) is 0.600. The average molecular weight is 253 g/mol. The minimum absolute atomic E-state index is 0.144. The molecular formula is C15H24FNO. The van der Waals surface area contributed by atoms with E-state index in [1.807, 2.05) is 12.1 Å².